The zero-order valence-electron chi connectivity index (χ0n) is 8.71. The predicted octanol–water partition coefficient (Wildman–Crippen LogP) is 3.31. The van der Waals surface area contributed by atoms with Crippen molar-refractivity contribution in [3.63, 3.8) is 0 Å². The fourth-order valence-corrected chi connectivity index (χ4v) is 1.83. The van der Waals surface area contributed by atoms with Gasteiger partial charge in [-0.05, 0) is 6.07 Å². The standard InChI is InChI=1S/C11H14Cl2O2/c1-7(6-15-2)11(14)8-4-3-5-9(12)10(8)13/h3-5,7,11,14H,6H2,1-2H3. The van der Waals surface area contributed by atoms with Crippen molar-refractivity contribution in [1.29, 1.82) is 0 Å². The maximum atomic E-state index is 10.0. The lowest BCUT2D eigenvalue weighted by molar-refractivity contribution is 0.0567. The van der Waals surface area contributed by atoms with Gasteiger partial charge in [-0.25, -0.2) is 0 Å². The smallest absolute Gasteiger partial charge is 0.0852 e. The first-order valence-electron chi connectivity index (χ1n) is 4.68. The van der Waals surface area contributed by atoms with Crippen LogP contribution in [-0.4, -0.2) is 18.8 Å². The Morgan fingerprint density at radius 3 is 2.67 bits per heavy atom. The molecule has 2 atom stereocenters. The van der Waals surface area contributed by atoms with E-state index in [1.165, 1.54) is 0 Å². The number of ether oxygens (including phenoxy) is 1. The van der Waals surface area contributed by atoms with Gasteiger partial charge in [0.15, 0.2) is 0 Å². The van der Waals surface area contributed by atoms with Gasteiger partial charge in [0.2, 0.25) is 0 Å². The van der Waals surface area contributed by atoms with Crippen LogP contribution in [0.5, 0.6) is 0 Å². The number of rotatable bonds is 4. The van der Waals surface area contributed by atoms with E-state index in [0.717, 1.165) is 0 Å². The molecule has 2 nitrogen and oxygen atoms in total. The molecule has 0 aliphatic carbocycles. The van der Waals surface area contributed by atoms with Crippen LogP contribution >= 0.6 is 23.2 Å². The number of aliphatic hydroxyl groups excluding tert-OH is 1. The molecular formula is C11H14Cl2O2. The summed E-state index contributed by atoms with van der Waals surface area (Å²) < 4.78 is 4.98. The van der Waals surface area contributed by atoms with Gasteiger partial charge in [-0.15, -0.1) is 0 Å². The molecule has 1 rings (SSSR count). The predicted molar refractivity (Wildman–Crippen MR) is 62.5 cm³/mol. The normalized spacial score (nSPS) is 15.0. The Labute approximate surface area is 99.8 Å². The third kappa shape index (κ3) is 3.08. The van der Waals surface area contributed by atoms with Crippen LogP contribution in [0.2, 0.25) is 10.0 Å². The van der Waals surface area contributed by atoms with E-state index < -0.39 is 6.10 Å². The number of methoxy groups -OCH3 is 1. The highest BCUT2D eigenvalue weighted by Crippen LogP contribution is 2.33. The Morgan fingerprint density at radius 2 is 2.07 bits per heavy atom. The highest BCUT2D eigenvalue weighted by atomic mass is 35.5. The van der Waals surface area contributed by atoms with E-state index in [1.807, 2.05) is 6.92 Å². The molecular weight excluding hydrogens is 235 g/mol. The average molecular weight is 249 g/mol. The number of benzene rings is 1. The van der Waals surface area contributed by atoms with E-state index in [2.05, 4.69) is 0 Å². The molecule has 15 heavy (non-hydrogen) atoms. The van der Waals surface area contributed by atoms with E-state index in [0.29, 0.717) is 22.2 Å². The maximum Gasteiger partial charge on any atom is 0.0852 e. The lowest BCUT2D eigenvalue weighted by Gasteiger charge is -2.19. The van der Waals surface area contributed by atoms with Crippen LogP contribution in [0.1, 0.15) is 18.6 Å². The fourth-order valence-electron chi connectivity index (χ4n) is 1.41. The molecule has 0 heterocycles. The Bertz CT molecular complexity index is 328. The summed E-state index contributed by atoms with van der Waals surface area (Å²) in [7, 11) is 1.60. The van der Waals surface area contributed by atoms with Crippen molar-refractivity contribution >= 4 is 23.2 Å². The van der Waals surface area contributed by atoms with Gasteiger partial charge in [0.1, 0.15) is 0 Å². The quantitative estimate of drug-likeness (QED) is 0.886. The molecule has 0 fully saturated rings. The van der Waals surface area contributed by atoms with E-state index in [4.69, 9.17) is 27.9 Å². The lowest BCUT2D eigenvalue weighted by atomic mass is 9.98. The summed E-state index contributed by atoms with van der Waals surface area (Å²) in [6.07, 6.45) is -0.656. The van der Waals surface area contributed by atoms with E-state index in [1.54, 1.807) is 25.3 Å². The molecule has 0 spiro atoms. The molecule has 0 aromatic heterocycles. The fraction of sp³-hybridized carbons (Fsp3) is 0.455. The molecule has 0 amide bonds. The van der Waals surface area contributed by atoms with Crippen molar-refractivity contribution in [1.82, 2.24) is 0 Å². The molecule has 4 heteroatoms. The minimum absolute atomic E-state index is 0.0223. The second kappa shape index (κ2) is 5.71. The van der Waals surface area contributed by atoms with Gasteiger partial charge in [-0.3, -0.25) is 0 Å². The van der Waals surface area contributed by atoms with Crippen LogP contribution < -0.4 is 0 Å². The summed E-state index contributed by atoms with van der Waals surface area (Å²) in [4.78, 5) is 0. The van der Waals surface area contributed by atoms with Crippen molar-refractivity contribution in [2.75, 3.05) is 13.7 Å². The van der Waals surface area contributed by atoms with Gasteiger partial charge in [0.25, 0.3) is 0 Å². The first kappa shape index (κ1) is 12.8. The van der Waals surface area contributed by atoms with Crippen molar-refractivity contribution in [3.05, 3.63) is 33.8 Å². The number of halogens is 2. The molecule has 1 N–H and O–H groups in total. The molecule has 0 bridgehead atoms. The van der Waals surface area contributed by atoms with E-state index >= 15 is 0 Å². The van der Waals surface area contributed by atoms with Crippen molar-refractivity contribution in [2.24, 2.45) is 5.92 Å². The molecule has 84 valence electrons. The summed E-state index contributed by atoms with van der Waals surface area (Å²) in [5.41, 5.74) is 0.647. The van der Waals surface area contributed by atoms with Crippen molar-refractivity contribution in [2.45, 2.75) is 13.0 Å². The molecule has 0 saturated carbocycles. The van der Waals surface area contributed by atoms with Gasteiger partial charge >= 0.3 is 0 Å². The molecule has 2 unspecified atom stereocenters. The summed E-state index contributed by atoms with van der Waals surface area (Å²) in [5.74, 6) is -0.0223. The SMILES string of the molecule is COCC(C)C(O)c1cccc(Cl)c1Cl. The van der Waals surface area contributed by atoms with Gasteiger partial charge < -0.3 is 9.84 Å². The van der Waals surface area contributed by atoms with E-state index in [-0.39, 0.29) is 5.92 Å². The number of hydrogen-bond acceptors (Lipinski definition) is 2. The van der Waals surface area contributed by atoms with Gasteiger partial charge in [-0.1, -0.05) is 42.3 Å². The third-order valence-electron chi connectivity index (χ3n) is 2.27. The molecule has 0 aliphatic heterocycles. The molecule has 1 aromatic carbocycles. The van der Waals surface area contributed by atoms with E-state index in [9.17, 15) is 5.11 Å². The Hall–Kier alpha value is -0.280. The molecule has 0 saturated heterocycles. The van der Waals surface area contributed by atoms with Gasteiger partial charge in [0.05, 0.1) is 22.8 Å². The summed E-state index contributed by atoms with van der Waals surface area (Å²) in [6.45, 7) is 2.37. The number of hydrogen-bond donors (Lipinski definition) is 1. The van der Waals surface area contributed by atoms with Crippen LogP contribution in [0.25, 0.3) is 0 Å². The van der Waals surface area contributed by atoms with Crippen LogP contribution in [0.4, 0.5) is 0 Å². The Kier molecular flexibility index (Phi) is 4.87. The Morgan fingerprint density at radius 1 is 1.40 bits per heavy atom. The topological polar surface area (TPSA) is 29.5 Å². The van der Waals surface area contributed by atoms with Gasteiger partial charge in [0, 0.05) is 18.6 Å². The zero-order chi connectivity index (χ0) is 11.4. The second-order valence-corrected chi connectivity index (χ2v) is 4.31. The third-order valence-corrected chi connectivity index (χ3v) is 3.10. The molecule has 0 aliphatic rings. The van der Waals surface area contributed by atoms with Crippen LogP contribution in [0, 0.1) is 5.92 Å². The van der Waals surface area contributed by atoms with Crippen LogP contribution in [0.15, 0.2) is 18.2 Å². The monoisotopic (exact) mass is 248 g/mol. The lowest BCUT2D eigenvalue weighted by Crippen LogP contribution is -2.14. The maximum absolute atomic E-state index is 10.0. The summed E-state index contributed by atoms with van der Waals surface area (Å²) in [6, 6.07) is 5.23. The first-order valence-corrected chi connectivity index (χ1v) is 5.44. The summed E-state index contributed by atoms with van der Waals surface area (Å²) in [5, 5.41) is 10.9. The highest BCUT2D eigenvalue weighted by Gasteiger charge is 2.19. The highest BCUT2D eigenvalue weighted by molar-refractivity contribution is 6.42. The zero-order valence-corrected chi connectivity index (χ0v) is 10.2. The van der Waals surface area contributed by atoms with Gasteiger partial charge in [-0.2, -0.15) is 0 Å². The molecule has 1 aromatic rings. The minimum atomic E-state index is -0.656. The number of aliphatic hydroxyl groups is 1. The Balaban J connectivity index is 2.90. The first-order chi connectivity index (χ1) is 7.07. The van der Waals surface area contributed by atoms with Crippen LogP contribution in [0.3, 0.4) is 0 Å². The average Bonchev–Trinajstić information content (AvgIpc) is 2.21. The second-order valence-electron chi connectivity index (χ2n) is 3.52. The summed E-state index contributed by atoms with van der Waals surface area (Å²) >= 11 is 11.9. The van der Waals surface area contributed by atoms with Crippen molar-refractivity contribution in [3.8, 4) is 0 Å². The molecule has 0 radical (unpaired) electrons. The van der Waals surface area contributed by atoms with Crippen molar-refractivity contribution < 1.29 is 9.84 Å². The van der Waals surface area contributed by atoms with Crippen LogP contribution in [-0.2, 0) is 4.74 Å². The minimum Gasteiger partial charge on any atom is -0.388 e. The largest absolute Gasteiger partial charge is 0.388 e.